The van der Waals surface area contributed by atoms with Gasteiger partial charge in [0, 0.05) is 12.3 Å². The first-order valence-electron chi connectivity index (χ1n) is 5.92. The van der Waals surface area contributed by atoms with E-state index in [4.69, 9.17) is 0 Å². The van der Waals surface area contributed by atoms with Crippen molar-refractivity contribution in [1.82, 2.24) is 5.32 Å². The van der Waals surface area contributed by atoms with E-state index in [1.54, 1.807) is 0 Å². The van der Waals surface area contributed by atoms with Crippen LogP contribution in [0.3, 0.4) is 0 Å². The standard InChI is InChI=1S/C13H21NO2S/c1-12(11-17(2,15)16)14-10-6-9-13-7-4-3-5-8-13/h3-5,7-8,12,14H,6,9-11H2,1-2H3. The summed E-state index contributed by atoms with van der Waals surface area (Å²) >= 11 is 0. The summed E-state index contributed by atoms with van der Waals surface area (Å²) in [6.07, 6.45) is 3.33. The quantitative estimate of drug-likeness (QED) is 0.753. The molecule has 0 heterocycles. The molecule has 1 aromatic carbocycles. The monoisotopic (exact) mass is 255 g/mol. The Morgan fingerprint density at radius 1 is 1.24 bits per heavy atom. The average Bonchev–Trinajstić information content (AvgIpc) is 2.23. The minimum Gasteiger partial charge on any atom is -0.313 e. The summed E-state index contributed by atoms with van der Waals surface area (Å²) in [5, 5.41) is 3.23. The van der Waals surface area contributed by atoms with Crippen molar-refractivity contribution in [2.45, 2.75) is 25.8 Å². The van der Waals surface area contributed by atoms with Crippen LogP contribution in [-0.4, -0.2) is 33.0 Å². The molecular formula is C13H21NO2S. The summed E-state index contributed by atoms with van der Waals surface area (Å²) in [7, 11) is -2.88. The Labute approximate surface area is 104 Å². The van der Waals surface area contributed by atoms with Crippen LogP contribution in [0.4, 0.5) is 0 Å². The van der Waals surface area contributed by atoms with E-state index in [-0.39, 0.29) is 11.8 Å². The maximum Gasteiger partial charge on any atom is 0.148 e. The lowest BCUT2D eigenvalue weighted by atomic mass is 10.1. The van der Waals surface area contributed by atoms with Crippen LogP contribution in [0.1, 0.15) is 18.9 Å². The second kappa shape index (κ2) is 6.77. The van der Waals surface area contributed by atoms with Gasteiger partial charge in [-0.2, -0.15) is 0 Å². The average molecular weight is 255 g/mol. The van der Waals surface area contributed by atoms with Gasteiger partial charge in [-0.05, 0) is 31.9 Å². The van der Waals surface area contributed by atoms with Gasteiger partial charge in [-0.3, -0.25) is 0 Å². The van der Waals surface area contributed by atoms with Crippen LogP contribution in [0.2, 0.25) is 0 Å². The van der Waals surface area contributed by atoms with Crippen molar-refractivity contribution in [2.24, 2.45) is 0 Å². The number of benzene rings is 1. The third-order valence-corrected chi connectivity index (χ3v) is 3.64. The zero-order chi connectivity index (χ0) is 12.7. The molecule has 0 aromatic heterocycles. The maximum absolute atomic E-state index is 11.1. The van der Waals surface area contributed by atoms with Crippen LogP contribution in [0.15, 0.2) is 30.3 Å². The van der Waals surface area contributed by atoms with Crippen LogP contribution in [0.25, 0.3) is 0 Å². The molecule has 0 saturated carbocycles. The summed E-state index contributed by atoms with van der Waals surface area (Å²) < 4.78 is 22.1. The Hall–Kier alpha value is -0.870. The molecule has 0 radical (unpaired) electrons. The second-order valence-electron chi connectivity index (χ2n) is 4.54. The van der Waals surface area contributed by atoms with Gasteiger partial charge >= 0.3 is 0 Å². The van der Waals surface area contributed by atoms with Crippen molar-refractivity contribution in [1.29, 1.82) is 0 Å². The number of sulfone groups is 1. The Kier molecular flexibility index (Phi) is 5.65. The van der Waals surface area contributed by atoms with Crippen molar-refractivity contribution in [3.63, 3.8) is 0 Å². The van der Waals surface area contributed by atoms with Crippen molar-refractivity contribution in [3.8, 4) is 0 Å². The van der Waals surface area contributed by atoms with Gasteiger partial charge in [0.05, 0.1) is 5.75 Å². The fraction of sp³-hybridized carbons (Fsp3) is 0.538. The molecule has 17 heavy (non-hydrogen) atoms. The van der Waals surface area contributed by atoms with Crippen LogP contribution >= 0.6 is 0 Å². The maximum atomic E-state index is 11.1. The predicted octanol–water partition coefficient (Wildman–Crippen LogP) is 1.64. The largest absolute Gasteiger partial charge is 0.313 e. The van der Waals surface area contributed by atoms with E-state index < -0.39 is 9.84 Å². The van der Waals surface area contributed by atoms with E-state index in [1.165, 1.54) is 11.8 Å². The lowest BCUT2D eigenvalue weighted by molar-refractivity contribution is 0.551. The van der Waals surface area contributed by atoms with Gasteiger partial charge in [-0.15, -0.1) is 0 Å². The molecule has 1 rings (SSSR count). The first kappa shape index (κ1) is 14.2. The first-order valence-corrected chi connectivity index (χ1v) is 7.98. The highest BCUT2D eigenvalue weighted by molar-refractivity contribution is 7.90. The van der Waals surface area contributed by atoms with Crippen LogP contribution in [0, 0.1) is 0 Å². The summed E-state index contributed by atoms with van der Waals surface area (Å²) in [6.45, 7) is 2.76. The van der Waals surface area contributed by atoms with Crippen LogP contribution in [-0.2, 0) is 16.3 Å². The Balaban J connectivity index is 2.16. The van der Waals surface area contributed by atoms with Crippen molar-refractivity contribution in [2.75, 3.05) is 18.6 Å². The molecule has 0 bridgehead atoms. The van der Waals surface area contributed by atoms with Crippen molar-refractivity contribution in [3.05, 3.63) is 35.9 Å². The SMILES string of the molecule is CC(CS(C)(=O)=O)NCCCc1ccccc1. The molecule has 1 N–H and O–H groups in total. The zero-order valence-electron chi connectivity index (χ0n) is 10.5. The lowest BCUT2D eigenvalue weighted by Crippen LogP contribution is -2.33. The van der Waals surface area contributed by atoms with Gasteiger partial charge in [0.1, 0.15) is 9.84 Å². The number of hydrogen-bond donors (Lipinski definition) is 1. The Morgan fingerprint density at radius 2 is 1.88 bits per heavy atom. The molecule has 96 valence electrons. The molecule has 0 spiro atoms. The highest BCUT2D eigenvalue weighted by Crippen LogP contribution is 2.01. The highest BCUT2D eigenvalue weighted by Gasteiger charge is 2.08. The zero-order valence-corrected chi connectivity index (χ0v) is 11.3. The normalized spacial score (nSPS) is 13.5. The van der Waals surface area contributed by atoms with Crippen molar-refractivity contribution < 1.29 is 8.42 Å². The minimum absolute atomic E-state index is 0.0285. The van der Waals surface area contributed by atoms with Crippen LogP contribution < -0.4 is 5.32 Å². The molecule has 3 nitrogen and oxygen atoms in total. The van der Waals surface area contributed by atoms with Gasteiger partial charge in [-0.25, -0.2) is 8.42 Å². The van der Waals surface area contributed by atoms with Gasteiger partial charge in [0.2, 0.25) is 0 Å². The van der Waals surface area contributed by atoms with Crippen LogP contribution in [0.5, 0.6) is 0 Å². The summed E-state index contributed by atoms with van der Waals surface area (Å²) in [4.78, 5) is 0. The van der Waals surface area contributed by atoms with Crippen molar-refractivity contribution >= 4 is 9.84 Å². The van der Waals surface area contributed by atoms with E-state index in [0.717, 1.165) is 19.4 Å². The molecule has 1 unspecified atom stereocenters. The fourth-order valence-corrected chi connectivity index (χ4v) is 2.82. The van der Waals surface area contributed by atoms with E-state index in [2.05, 4.69) is 17.4 Å². The topological polar surface area (TPSA) is 46.2 Å². The molecule has 0 aliphatic heterocycles. The lowest BCUT2D eigenvalue weighted by Gasteiger charge is -2.12. The number of aryl methyl sites for hydroxylation is 1. The van der Waals surface area contributed by atoms with Gasteiger partial charge in [-0.1, -0.05) is 30.3 Å². The summed E-state index contributed by atoms with van der Waals surface area (Å²) in [6, 6.07) is 10.3. The Bertz CT molecular complexity index is 414. The summed E-state index contributed by atoms with van der Waals surface area (Å²) in [5.41, 5.74) is 1.32. The van der Waals surface area contributed by atoms with E-state index >= 15 is 0 Å². The van der Waals surface area contributed by atoms with E-state index in [9.17, 15) is 8.42 Å². The third-order valence-electron chi connectivity index (χ3n) is 2.53. The molecule has 0 aliphatic rings. The molecule has 0 fully saturated rings. The second-order valence-corrected chi connectivity index (χ2v) is 6.72. The fourth-order valence-electron chi connectivity index (χ4n) is 1.80. The first-order chi connectivity index (χ1) is 7.97. The van der Waals surface area contributed by atoms with E-state index in [1.807, 2.05) is 25.1 Å². The predicted molar refractivity (Wildman–Crippen MR) is 71.9 cm³/mol. The molecule has 0 aliphatic carbocycles. The smallest absolute Gasteiger partial charge is 0.148 e. The number of nitrogens with one attached hydrogen (secondary N) is 1. The third kappa shape index (κ3) is 7.13. The van der Waals surface area contributed by atoms with Gasteiger partial charge < -0.3 is 5.32 Å². The van der Waals surface area contributed by atoms with E-state index in [0.29, 0.717) is 0 Å². The Morgan fingerprint density at radius 3 is 2.47 bits per heavy atom. The van der Waals surface area contributed by atoms with Gasteiger partial charge in [0.15, 0.2) is 0 Å². The molecule has 0 saturated heterocycles. The molecule has 0 amide bonds. The highest BCUT2D eigenvalue weighted by atomic mass is 32.2. The number of rotatable bonds is 7. The van der Waals surface area contributed by atoms with Gasteiger partial charge in [0.25, 0.3) is 0 Å². The summed E-state index contributed by atoms with van der Waals surface area (Å²) in [5.74, 6) is 0.207. The molecule has 4 heteroatoms. The molecule has 1 aromatic rings. The molecular weight excluding hydrogens is 234 g/mol. The minimum atomic E-state index is -2.88. The number of hydrogen-bond acceptors (Lipinski definition) is 3. The molecule has 1 atom stereocenters.